The van der Waals surface area contributed by atoms with Crippen LogP contribution in [0.1, 0.15) is 114 Å². The number of fused-ring (bicyclic) bond motifs is 4. The first-order valence-electron chi connectivity index (χ1n) is 40.8. The monoisotopic (exact) mass is 1850 g/mol. The van der Waals surface area contributed by atoms with Crippen LogP contribution in [-0.2, 0) is 83.8 Å². The number of ether oxygens (including phenoxy) is 5. The van der Waals surface area contributed by atoms with Crippen molar-refractivity contribution in [1.82, 2.24) is 95.1 Å². The molecule has 12 aromatic rings. The Bertz CT molecular complexity index is 5980. The molecule has 0 fully saturated rings. The molecule has 0 aliphatic carbocycles. The molecule has 0 spiro atoms. The molecule has 40 heteroatoms. The van der Waals surface area contributed by atoms with Crippen LogP contribution in [0.25, 0.3) is 44.7 Å². The summed E-state index contributed by atoms with van der Waals surface area (Å²) in [5.41, 5.74) is 2.83. The van der Waals surface area contributed by atoms with Crippen molar-refractivity contribution in [3.05, 3.63) is 184 Å². The molecule has 12 aromatic heterocycles. The lowest BCUT2D eigenvalue weighted by atomic mass is 10.3. The largest absolute Gasteiger partial charge is 0.506 e. The summed E-state index contributed by atoms with van der Waals surface area (Å²) in [6.45, 7) is 32.6. The van der Waals surface area contributed by atoms with E-state index in [9.17, 15) is 38.4 Å². The molecule has 0 saturated carbocycles. The third-order valence-corrected chi connectivity index (χ3v) is 23.4. The molecule has 12 rings (SSSR count). The number of aromatic hydroxyl groups is 1. The van der Waals surface area contributed by atoms with E-state index in [1.807, 2.05) is 53.7 Å². The highest BCUT2D eigenvalue weighted by Gasteiger charge is 2.26. The van der Waals surface area contributed by atoms with E-state index in [0.29, 0.717) is 89.9 Å². The number of aromatic nitrogens is 20. The highest BCUT2D eigenvalue weighted by atomic mass is 79.9. The summed E-state index contributed by atoms with van der Waals surface area (Å²) >= 11 is 6.70. The maximum atomic E-state index is 13.3. The molecule has 4 N–H and O–H groups in total. The van der Waals surface area contributed by atoms with E-state index in [2.05, 4.69) is 130 Å². The van der Waals surface area contributed by atoms with Gasteiger partial charge in [-0.1, -0.05) is 109 Å². The van der Waals surface area contributed by atoms with E-state index in [4.69, 9.17) is 39.0 Å². The Labute approximate surface area is 724 Å². The van der Waals surface area contributed by atoms with E-state index >= 15 is 0 Å². The van der Waals surface area contributed by atoms with Gasteiger partial charge >= 0.3 is 40.8 Å². The Morgan fingerprint density at radius 2 is 0.754 bits per heavy atom. The molecule has 0 aliphatic heterocycles. The number of H-pyrrole nitrogens is 1. The van der Waals surface area contributed by atoms with E-state index in [1.54, 1.807) is 84.2 Å². The molecule has 0 bridgehead atoms. The van der Waals surface area contributed by atoms with Crippen molar-refractivity contribution in [2.45, 2.75) is 217 Å². The fourth-order valence-corrected chi connectivity index (χ4v) is 14.5. The first kappa shape index (κ1) is 98.7. The number of hydrogen-bond donors (Lipinski definition) is 4. The van der Waals surface area contributed by atoms with E-state index in [0.717, 1.165) is 87.3 Å². The molecule has 0 aliphatic rings. The van der Waals surface area contributed by atoms with Crippen molar-refractivity contribution in [2.75, 3.05) is 31.8 Å². The second-order valence-corrected chi connectivity index (χ2v) is 44.4. The molecule has 0 saturated heterocycles. The average molecular weight is 1860 g/mol. The number of pyridine rings is 4. The number of halogens is 2. The predicted molar refractivity (Wildman–Crippen MR) is 484 cm³/mol. The molecular formula is C82H118Br2N20O16Si2. The predicted octanol–water partition coefficient (Wildman–Crippen LogP) is 11.4. The molecule has 122 heavy (non-hydrogen) atoms. The highest BCUT2D eigenvalue weighted by Crippen LogP contribution is 2.28. The van der Waals surface area contributed by atoms with Crippen LogP contribution in [0.3, 0.4) is 0 Å². The number of rotatable bonds is 33. The van der Waals surface area contributed by atoms with Gasteiger partial charge in [0, 0.05) is 134 Å². The van der Waals surface area contributed by atoms with Gasteiger partial charge in [-0.15, -0.1) is 0 Å². The minimum Gasteiger partial charge on any atom is -0.506 e. The zero-order chi connectivity index (χ0) is 89.9. The van der Waals surface area contributed by atoms with Crippen LogP contribution in [-0.4, -0.2) is 158 Å². The van der Waals surface area contributed by atoms with Crippen molar-refractivity contribution in [3.8, 4) is 41.0 Å². The fourth-order valence-electron chi connectivity index (χ4n) is 11.9. The molecule has 0 unspecified atom stereocenters. The van der Waals surface area contributed by atoms with E-state index in [1.165, 1.54) is 59.7 Å². The first-order valence-corrected chi connectivity index (χ1v) is 50.1. The fraction of sp³-hybridized carbons (Fsp3) is 0.512. The Hall–Kier alpha value is -10.4. The van der Waals surface area contributed by atoms with E-state index < -0.39 is 38.6 Å². The lowest BCUT2D eigenvalue weighted by Gasteiger charge is -2.16. The summed E-state index contributed by atoms with van der Waals surface area (Å²) in [4.78, 5) is 138. The lowest BCUT2D eigenvalue weighted by molar-refractivity contribution is 0.0848. The lowest BCUT2D eigenvalue weighted by Crippen LogP contribution is -2.39. The first-order chi connectivity index (χ1) is 58.0. The van der Waals surface area contributed by atoms with Crippen LogP contribution in [0, 0.1) is 27.7 Å². The van der Waals surface area contributed by atoms with Gasteiger partial charge in [0.25, 0.3) is 22.2 Å². The van der Waals surface area contributed by atoms with Gasteiger partial charge in [0.1, 0.15) is 36.5 Å². The summed E-state index contributed by atoms with van der Waals surface area (Å²) in [5, 5.41) is 27.9. The number of nitrogens with zero attached hydrogens (tertiary/aromatic N) is 19. The van der Waals surface area contributed by atoms with Crippen LogP contribution < -0.4 is 59.2 Å². The van der Waals surface area contributed by atoms with Gasteiger partial charge in [-0.2, -0.15) is 15.0 Å². The number of imidazole rings is 4. The summed E-state index contributed by atoms with van der Waals surface area (Å²) in [6, 6.07) is 9.70. The maximum absolute atomic E-state index is 13.3. The number of aliphatic hydroxyl groups is 2. The zero-order valence-electron chi connectivity index (χ0n) is 73.3. The van der Waals surface area contributed by atoms with Crippen LogP contribution in [0.2, 0.25) is 51.4 Å². The van der Waals surface area contributed by atoms with Gasteiger partial charge in [0.05, 0.1) is 24.8 Å². The summed E-state index contributed by atoms with van der Waals surface area (Å²) in [7, 11) is 3.93. The minimum atomic E-state index is -1.27. The Morgan fingerprint density at radius 3 is 1.12 bits per heavy atom. The van der Waals surface area contributed by atoms with Crippen molar-refractivity contribution < 1.29 is 39.0 Å². The second-order valence-electron chi connectivity index (χ2n) is 31.7. The van der Waals surface area contributed by atoms with Crippen LogP contribution in [0.15, 0.2) is 117 Å². The number of hydrogen-bond acceptors (Lipinski definition) is 24. The molecule has 36 nitrogen and oxygen atoms in total. The van der Waals surface area contributed by atoms with Crippen molar-refractivity contribution >= 4 is 92.7 Å². The van der Waals surface area contributed by atoms with Crippen LogP contribution in [0.5, 0.6) is 41.0 Å². The molecule has 0 radical (unpaired) electrons. The summed E-state index contributed by atoms with van der Waals surface area (Å²) in [5.74, 6) is 1.71. The highest BCUT2D eigenvalue weighted by molar-refractivity contribution is 9.10. The topological polar surface area (TPSA) is 417 Å². The normalized spacial score (nSPS) is 11.4. The standard InChI is InChI=1S/C22H33N5O4Si.C19H25N5O4.C16H27BrN4O3Si.C15H17N5O4.C6H7NO.C4H9Br/c1-7-8-9-26-20(28)18-19(25(3)22(26)29)24-21(31-17-12-16(2)13-23-14-17)27(18)15-30-10-11-32(4,5)6;1-4-5-7-23-15-16(21-18(23)28-14-10-13(2)11-20-12-14)22(3)19(27)24(17(15)26)8-6-9-25;1-6-7-8-20-14(22)12-13(19(2)16(20)23)18-15(17)21(12)11-24-9-10-25(3,4)5;1-9-6-10(8-16-7-9)24-14-17-11-12(18-14)19(2)15(23)20(13(11)22)4-3-5-21;1-5-2-6(8)4-7-3-5;1-2-3-4-5/h12-14H,7-11,15H2,1-6H3;10-12,25H,4-9H2,1-3H3;6-11H2,1-5H3;6-8,21H,3-5H2,1-2H3,(H,17,18);2-4,8H,1H3;2-4H2,1H3. The third kappa shape index (κ3) is 26.8. The van der Waals surface area contributed by atoms with Crippen molar-refractivity contribution in [2.24, 2.45) is 28.2 Å². The molecular weight excluding hydrogens is 1740 g/mol. The number of aliphatic hydroxyl groups excluding tert-OH is 2. The summed E-state index contributed by atoms with van der Waals surface area (Å²) < 4.78 is 45.0. The van der Waals surface area contributed by atoms with Crippen molar-refractivity contribution in [1.29, 1.82) is 0 Å². The Morgan fingerprint density at radius 1 is 0.410 bits per heavy atom. The molecule has 0 amide bonds. The smallest absolute Gasteiger partial charge is 0.332 e. The Kier molecular flexibility index (Phi) is 37.8. The SMILES string of the molecule is CCCCBr.CCCCn1c(=O)c2c(nc(Br)n2COCC[Si](C)(C)C)n(C)c1=O.CCCCn1c(=O)c2c(nc(Oc3cncc(C)c3)n2COCC[Si](C)(C)C)n(C)c1=O.CCCCn1c(Oc2cncc(C)c2)nc2c1c(=O)n(CCCO)c(=O)n2C.Cc1cncc(O)c1.Cc1cncc(Oc2nc3c([nH]2)c(=O)n(CCCO)c(=O)n3C)c1. The number of aryl methyl sites for hydroxylation is 9. The number of alkyl halides is 1. The van der Waals surface area contributed by atoms with E-state index in [-0.39, 0.29) is 109 Å². The van der Waals surface area contributed by atoms with Crippen LogP contribution >= 0.6 is 31.9 Å². The molecule has 0 atom stereocenters. The maximum Gasteiger partial charge on any atom is 0.332 e. The average Bonchev–Trinajstić information content (AvgIpc) is 1.60. The summed E-state index contributed by atoms with van der Waals surface area (Å²) in [6.07, 6.45) is 21.2. The Balaban J connectivity index is 0.000000214. The van der Waals surface area contributed by atoms with Crippen molar-refractivity contribution in [3.63, 3.8) is 0 Å². The minimum absolute atomic E-state index is 0.0998. The quantitative estimate of drug-likeness (QED) is 0.0128. The number of aromatic amines is 1. The zero-order valence-corrected chi connectivity index (χ0v) is 78.5. The molecule has 12 heterocycles. The van der Waals surface area contributed by atoms with Gasteiger partial charge in [-0.25, -0.2) is 24.2 Å². The second kappa shape index (κ2) is 46.8. The van der Waals surface area contributed by atoms with Gasteiger partial charge in [0.15, 0.2) is 49.4 Å². The molecule has 0 aromatic carbocycles. The van der Waals surface area contributed by atoms with Gasteiger partial charge in [-0.3, -0.25) is 89.4 Å². The van der Waals surface area contributed by atoms with Gasteiger partial charge in [-0.05, 0) is 141 Å². The number of nitrogens with one attached hydrogen (secondary N) is 1. The molecule has 664 valence electrons. The third-order valence-electron chi connectivity index (χ3n) is 18.8. The van der Waals surface area contributed by atoms with Gasteiger partial charge in [0.2, 0.25) is 0 Å². The van der Waals surface area contributed by atoms with Crippen LogP contribution in [0.4, 0.5) is 0 Å². The number of unbranched alkanes of at least 4 members (excludes halogenated alkanes) is 4. The van der Waals surface area contributed by atoms with Gasteiger partial charge < -0.3 is 44.0 Å².